The number of benzene rings is 2. The second kappa shape index (κ2) is 7.70. The van der Waals surface area contributed by atoms with Crippen LogP contribution in [0.15, 0.2) is 48.7 Å². The number of carbonyl (C=O) groups is 1. The third-order valence-corrected chi connectivity index (χ3v) is 6.59. The number of ether oxygens (including phenoxy) is 1. The summed E-state index contributed by atoms with van der Waals surface area (Å²) in [5.41, 5.74) is 3.32. The van der Waals surface area contributed by atoms with Gasteiger partial charge < -0.3 is 20.3 Å². The fourth-order valence-corrected chi connectivity index (χ4v) is 4.93. The van der Waals surface area contributed by atoms with Crippen LogP contribution in [0.1, 0.15) is 6.42 Å². The van der Waals surface area contributed by atoms with E-state index in [0.717, 1.165) is 25.1 Å². The van der Waals surface area contributed by atoms with Crippen LogP contribution in [0.25, 0.3) is 11.3 Å². The Kier molecular flexibility index (Phi) is 4.65. The zero-order valence-electron chi connectivity index (χ0n) is 18.1. The van der Waals surface area contributed by atoms with Gasteiger partial charge in [-0.1, -0.05) is 0 Å². The van der Waals surface area contributed by atoms with E-state index < -0.39 is 0 Å². The number of anilines is 4. The maximum atomic E-state index is 15.0. The molecular formula is C24H23FN6O2. The van der Waals surface area contributed by atoms with E-state index in [1.165, 1.54) is 6.07 Å². The summed E-state index contributed by atoms with van der Waals surface area (Å²) in [7, 11) is 2.13. The molecule has 168 valence electrons. The number of rotatable bonds is 4. The highest BCUT2D eigenvalue weighted by Gasteiger charge is 2.42. The van der Waals surface area contributed by atoms with Gasteiger partial charge in [-0.15, -0.1) is 0 Å². The molecule has 8 nitrogen and oxygen atoms in total. The van der Waals surface area contributed by atoms with Crippen molar-refractivity contribution in [3.8, 4) is 17.0 Å². The van der Waals surface area contributed by atoms with Gasteiger partial charge in [-0.25, -0.2) is 14.4 Å². The van der Waals surface area contributed by atoms with Gasteiger partial charge in [0.1, 0.15) is 11.6 Å². The van der Waals surface area contributed by atoms with Crippen LogP contribution in [0, 0.1) is 5.82 Å². The number of carbonyl (C=O) groups excluding carboxylic acids is 1. The summed E-state index contributed by atoms with van der Waals surface area (Å²) in [6.45, 7) is 1.85. The van der Waals surface area contributed by atoms with Crippen LogP contribution in [0.4, 0.5) is 27.4 Å². The van der Waals surface area contributed by atoms with Crippen LogP contribution in [-0.2, 0) is 4.79 Å². The summed E-state index contributed by atoms with van der Waals surface area (Å²) in [6, 6.07) is 13.3. The van der Waals surface area contributed by atoms with Crippen LogP contribution in [0.2, 0.25) is 0 Å². The summed E-state index contributed by atoms with van der Waals surface area (Å²) in [4.78, 5) is 25.0. The smallest absolute Gasteiger partial charge is 0.262 e. The first-order chi connectivity index (χ1) is 16.0. The van der Waals surface area contributed by atoms with Gasteiger partial charge in [-0.05, 0) is 55.9 Å². The lowest BCUT2D eigenvalue weighted by Gasteiger charge is -2.33. The summed E-state index contributed by atoms with van der Waals surface area (Å²) in [5, 5.41) is 5.90. The predicted molar refractivity (Wildman–Crippen MR) is 123 cm³/mol. The highest BCUT2D eigenvalue weighted by Crippen LogP contribution is 2.36. The molecule has 33 heavy (non-hydrogen) atoms. The lowest BCUT2D eigenvalue weighted by Crippen LogP contribution is -2.44. The van der Waals surface area contributed by atoms with Gasteiger partial charge in [0.2, 0.25) is 5.95 Å². The Labute approximate surface area is 190 Å². The molecule has 2 saturated heterocycles. The van der Waals surface area contributed by atoms with Gasteiger partial charge in [0.25, 0.3) is 5.91 Å². The minimum atomic E-state index is -0.253. The third-order valence-electron chi connectivity index (χ3n) is 6.59. The molecule has 1 amide bonds. The van der Waals surface area contributed by atoms with E-state index in [1.807, 2.05) is 24.3 Å². The van der Waals surface area contributed by atoms with Crippen molar-refractivity contribution in [3.63, 3.8) is 0 Å². The number of hydrogen-bond acceptors (Lipinski definition) is 7. The zero-order chi connectivity index (χ0) is 22.5. The molecule has 9 heteroatoms. The number of aromatic nitrogens is 2. The first-order valence-corrected chi connectivity index (χ1v) is 11.0. The quantitative estimate of drug-likeness (QED) is 0.637. The largest absolute Gasteiger partial charge is 0.482 e. The van der Waals surface area contributed by atoms with E-state index in [0.29, 0.717) is 46.5 Å². The lowest BCUT2D eigenvalue weighted by atomic mass is 10.1. The van der Waals surface area contributed by atoms with Crippen molar-refractivity contribution in [2.45, 2.75) is 18.5 Å². The van der Waals surface area contributed by atoms with Gasteiger partial charge in [0.15, 0.2) is 6.61 Å². The molecule has 0 radical (unpaired) electrons. The molecule has 2 bridgehead atoms. The van der Waals surface area contributed by atoms with Gasteiger partial charge in [-0.2, -0.15) is 0 Å². The highest BCUT2D eigenvalue weighted by atomic mass is 19.1. The Bertz CT molecular complexity index is 1250. The Morgan fingerprint density at radius 3 is 2.85 bits per heavy atom. The second-order valence-corrected chi connectivity index (χ2v) is 8.74. The van der Waals surface area contributed by atoms with Crippen LogP contribution in [0.5, 0.6) is 5.75 Å². The van der Waals surface area contributed by atoms with Crippen molar-refractivity contribution in [2.75, 3.05) is 42.3 Å². The fraction of sp³-hybridized carbons (Fsp3) is 0.292. The number of halogens is 1. The topological polar surface area (TPSA) is 82.6 Å². The Hall–Kier alpha value is -3.72. The Balaban J connectivity index is 1.21. The van der Waals surface area contributed by atoms with E-state index in [9.17, 15) is 9.18 Å². The van der Waals surface area contributed by atoms with Crippen molar-refractivity contribution < 1.29 is 13.9 Å². The summed E-state index contributed by atoms with van der Waals surface area (Å²) < 4.78 is 20.4. The van der Waals surface area contributed by atoms with Gasteiger partial charge in [0.05, 0.1) is 17.1 Å². The van der Waals surface area contributed by atoms with Crippen molar-refractivity contribution in [2.24, 2.45) is 0 Å². The minimum absolute atomic E-state index is 0.0132. The van der Waals surface area contributed by atoms with Gasteiger partial charge >= 0.3 is 0 Å². The monoisotopic (exact) mass is 446 g/mol. The number of likely N-dealkylation sites (tertiary alicyclic amines) is 1. The maximum absolute atomic E-state index is 15.0. The number of nitrogens with zero attached hydrogens (tertiary/aromatic N) is 4. The summed E-state index contributed by atoms with van der Waals surface area (Å²) >= 11 is 0. The molecule has 3 aliphatic heterocycles. The molecule has 2 atom stereocenters. The summed E-state index contributed by atoms with van der Waals surface area (Å²) in [6.07, 6.45) is 2.73. The predicted octanol–water partition coefficient (Wildman–Crippen LogP) is 3.25. The molecule has 6 rings (SSSR count). The fourth-order valence-electron chi connectivity index (χ4n) is 4.93. The first-order valence-electron chi connectivity index (χ1n) is 11.0. The van der Waals surface area contributed by atoms with Crippen LogP contribution in [0.3, 0.4) is 0 Å². The highest BCUT2D eigenvalue weighted by molar-refractivity contribution is 5.96. The second-order valence-electron chi connectivity index (χ2n) is 8.74. The van der Waals surface area contributed by atoms with E-state index in [4.69, 9.17) is 4.74 Å². The van der Waals surface area contributed by atoms with Crippen molar-refractivity contribution in [3.05, 3.63) is 54.5 Å². The molecule has 0 spiro atoms. The number of likely N-dealkylation sites (N-methyl/N-ethyl adjacent to an activating group) is 1. The maximum Gasteiger partial charge on any atom is 0.262 e. The van der Waals surface area contributed by atoms with E-state index >= 15 is 0 Å². The molecule has 2 fully saturated rings. The van der Waals surface area contributed by atoms with Gasteiger partial charge in [-0.3, -0.25) is 9.69 Å². The SMILES string of the molecule is CN1C[C@@H]2C[C@H]1CN2c1ccc(Nc2nccc(-c3ccc4c(c3)NC(=O)CO4)n2)cc1F. The average Bonchev–Trinajstić information content (AvgIpc) is 3.38. The normalized spacial score (nSPS) is 21.5. The van der Waals surface area contributed by atoms with E-state index in [1.54, 1.807) is 18.3 Å². The van der Waals surface area contributed by atoms with Crippen LogP contribution >= 0.6 is 0 Å². The number of nitrogens with one attached hydrogen (secondary N) is 2. The van der Waals surface area contributed by atoms with Crippen molar-refractivity contribution >= 4 is 28.9 Å². The van der Waals surface area contributed by atoms with Crippen LogP contribution in [-0.4, -0.2) is 59.6 Å². The lowest BCUT2D eigenvalue weighted by molar-refractivity contribution is -0.118. The van der Waals surface area contributed by atoms with E-state index in [-0.39, 0.29) is 18.3 Å². The molecule has 3 aliphatic rings. The third kappa shape index (κ3) is 3.64. The molecule has 2 N–H and O–H groups in total. The molecule has 1 aromatic heterocycles. The minimum Gasteiger partial charge on any atom is -0.482 e. The number of hydrogen-bond donors (Lipinski definition) is 2. The van der Waals surface area contributed by atoms with Crippen LogP contribution < -0.4 is 20.3 Å². The standard InChI is InChI=1S/C24H23FN6O2/c1-30-11-17-10-16(30)12-31(17)21-4-3-15(9-18(21)25)27-24-26-7-6-19(29-24)14-2-5-22-20(8-14)28-23(32)13-33-22/h2-9,16-17H,10-13H2,1H3,(H,28,32)(H,26,27,29)/t16-,17-/m0/s1. The van der Waals surface area contributed by atoms with Gasteiger partial charge in [0, 0.05) is 42.6 Å². The molecule has 0 saturated carbocycles. The number of fused-ring (bicyclic) bond motifs is 3. The Morgan fingerprint density at radius 1 is 1.15 bits per heavy atom. The first kappa shape index (κ1) is 19.9. The molecule has 3 aromatic rings. The molecule has 0 aliphatic carbocycles. The molecule has 2 aromatic carbocycles. The van der Waals surface area contributed by atoms with E-state index in [2.05, 4.69) is 37.4 Å². The molecular weight excluding hydrogens is 423 g/mol. The van der Waals surface area contributed by atoms with Crippen molar-refractivity contribution in [1.29, 1.82) is 0 Å². The Morgan fingerprint density at radius 2 is 2.06 bits per heavy atom. The number of amides is 1. The average molecular weight is 446 g/mol. The molecule has 0 unspecified atom stereocenters. The molecule has 4 heterocycles. The van der Waals surface area contributed by atoms with Crippen molar-refractivity contribution in [1.82, 2.24) is 14.9 Å². The zero-order valence-corrected chi connectivity index (χ0v) is 18.1. The summed E-state index contributed by atoms with van der Waals surface area (Å²) in [5.74, 6) is 0.541. The number of piperazine rings is 1.